The van der Waals surface area contributed by atoms with Crippen molar-refractivity contribution < 1.29 is 27.6 Å². The molecule has 45 heavy (non-hydrogen) atoms. The van der Waals surface area contributed by atoms with Crippen molar-refractivity contribution >= 4 is 46.5 Å². The number of hydrogen-bond acceptors (Lipinski definition) is 6. The van der Waals surface area contributed by atoms with Gasteiger partial charge in [0.15, 0.2) is 0 Å². The molecule has 0 saturated carbocycles. The zero-order chi connectivity index (χ0) is 32.2. The van der Waals surface area contributed by atoms with Crippen LogP contribution < -0.4 is 14.7 Å². The van der Waals surface area contributed by atoms with Gasteiger partial charge in [0.05, 0.1) is 22.0 Å². The van der Waals surface area contributed by atoms with Gasteiger partial charge in [-0.05, 0) is 62.6 Å². The van der Waals surface area contributed by atoms with E-state index < -0.39 is 35.5 Å². The van der Waals surface area contributed by atoms with Gasteiger partial charge in [0.1, 0.15) is 11.9 Å². The molecule has 3 atom stereocenters. The average Bonchev–Trinajstić information content (AvgIpc) is 3.55. The van der Waals surface area contributed by atoms with Crippen molar-refractivity contribution in [3.8, 4) is 0 Å². The Balaban J connectivity index is 1.24. The molecule has 5 heterocycles. The second-order valence-corrected chi connectivity index (χ2v) is 12.9. The molecule has 0 N–H and O–H groups in total. The standard InChI is InChI=1S/C32H36ClF3N6O3/c1-4-27(43)41-17-23(18-41)39-10-8-20(15-39)9-11-40-16-21-13-28(44)42(26-14-22(32(34,35)36)12-19(2)37-26)29(21)31(45)38(3)25-7-5-6-24(33)30(25)40/h4-7,12,14,20-21,23,29H,1,8-11,13,15-18H2,2-3H3/t20-,21-,29+/m1/s1. The summed E-state index contributed by atoms with van der Waals surface area (Å²) in [5.41, 5.74) is 0.473. The highest BCUT2D eigenvalue weighted by Gasteiger charge is 2.49. The molecule has 0 radical (unpaired) electrons. The summed E-state index contributed by atoms with van der Waals surface area (Å²) in [6, 6.07) is 6.43. The summed E-state index contributed by atoms with van der Waals surface area (Å²) in [4.78, 5) is 52.6. The van der Waals surface area contributed by atoms with Crippen molar-refractivity contribution in [3.63, 3.8) is 0 Å². The molecule has 9 nitrogen and oxygen atoms in total. The highest BCUT2D eigenvalue weighted by atomic mass is 35.5. The first kappa shape index (κ1) is 31.3. The number of aryl methyl sites for hydroxylation is 1. The van der Waals surface area contributed by atoms with E-state index in [0.29, 0.717) is 54.5 Å². The highest BCUT2D eigenvalue weighted by Crippen LogP contribution is 2.43. The predicted molar refractivity (Wildman–Crippen MR) is 165 cm³/mol. The molecule has 13 heteroatoms. The average molecular weight is 645 g/mol. The number of amides is 3. The number of benzene rings is 1. The molecule has 3 amide bonds. The first-order valence-electron chi connectivity index (χ1n) is 15.2. The number of aromatic nitrogens is 1. The lowest BCUT2D eigenvalue weighted by molar-refractivity contribution is -0.137. The van der Waals surface area contributed by atoms with Crippen LogP contribution in [0, 0.1) is 18.8 Å². The van der Waals surface area contributed by atoms with Crippen molar-refractivity contribution in [2.75, 3.05) is 61.0 Å². The van der Waals surface area contributed by atoms with Crippen LogP contribution in [0.1, 0.15) is 30.5 Å². The van der Waals surface area contributed by atoms with Crippen molar-refractivity contribution in [2.24, 2.45) is 11.8 Å². The summed E-state index contributed by atoms with van der Waals surface area (Å²) >= 11 is 6.77. The Morgan fingerprint density at radius 1 is 1.16 bits per heavy atom. The van der Waals surface area contributed by atoms with E-state index in [9.17, 15) is 27.6 Å². The Hall–Kier alpha value is -3.64. The number of carbonyl (C=O) groups is 3. The quantitative estimate of drug-likeness (QED) is 0.435. The number of likely N-dealkylation sites (N-methyl/N-ethyl adjacent to an activating group) is 1. The molecule has 0 spiro atoms. The van der Waals surface area contributed by atoms with E-state index in [2.05, 4.69) is 21.4 Å². The number of nitrogens with zero attached hydrogens (tertiary/aromatic N) is 6. The van der Waals surface area contributed by atoms with E-state index in [1.165, 1.54) is 17.9 Å². The number of rotatable bonds is 6. The molecular weight excluding hydrogens is 609 g/mol. The number of likely N-dealkylation sites (tertiary alicyclic amines) is 2. The van der Waals surface area contributed by atoms with Crippen LogP contribution in [0.4, 0.5) is 30.4 Å². The van der Waals surface area contributed by atoms with E-state index in [1.54, 1.807) is 30.1 Å². The monoisotopic (exact) mass is 644 g/mol. The molecule has 1 aromatic heterocycles. The third-order valence-electron chi connectivity index (χ3n) is 9.62. The summed E-state index contributed by atoms with van der Waals surface area (Å²) in [5.74, 6) is -1.13. The van der Waals surface area contributed by atoms with Gasteiger partial charge in [-0.15, -0.1) is 0 Å². The fourth-order valence-electron chi connectivity index (χ4n) is 7.23. The van der Waals surface area contributed by atoms with Gasteiger partial charge in [0.2, 0.25) is 17.7 Å². The summed E-state index contributed by atoms with van der Waals surface area (Å²) in [7, 11) is 1.61. The van der Waals surface area contributed by atoms with Crippen LogP contribution in [0.3, 0.4) is 0 Å². The minimum absolute atomic E-state index is 0.00365. The van der Waals surface area contributed by atoms with E-state index in [1.807, 2.05) is 0 Å². The number of halogens is 4. The maximum atomic E-state index is 14.0. The lowest BCUT2D eigenvalue weighted by Gasteiger charge is -2.43. The zero-order valence-electron chi connectivity index (χ0n) is 25.3. The lowest BCUT2D eigenvalue weighted by atomic mass is 9.95. The third-order valence-corrected chi connectivity index (χ3v) is 9.92. The van der Waals surface area contributed by atoms with Crippen LogP contribution in [0.15, 0.2) is 43.0 Å². The Bertz CT molecular complexity index is 1530. The first-order chi connectivity index (χ1) is 21.3. The molecule has 1 aromatic carbocycles. The Kier molecular flexibility index (Phi) is 8.32. The SMILES string of the molecule is C=CC(=O)N1CC(N2CC[C@H](CCN3C[C@H]4CC(=O)N(c5cc(C(F)(F)F)cc(C)n5)[C@@H]4C(=O)N(C)c4cccc(Cl)c43)C2)C1. The van der Waals surface area contributed by atoms with E-state index in [0.717, 1.165) is 43.0 Å². The number of pyridine rings is 1. The lowest BCUT2D eigenvalue weighted by Crippen LogP contribution is -2.60. The molecule has 4 aliphatic heterocycles. The highest BCUT2D eigenvalue weighted by molar-refractivity contribution is 6.34. The van der Waals surface area contributed by atoms with Crippen molar-refractivity contribution in [3.05, 3.63) is 59.3 Å². The molecular formula is C32H36ClF3N6O3. The molecule has 240 valence electrons. The fourth-order valence-corrected chi connectivity index (χ4v) is 7.52. The molecule has 0 aliphatic carbocycles. The van der Waals surface area contributed by atoms with Crippen molar-refractivity contribution in [2.45, 2.75) is 44.4 Å². The third kappa shape index (κ3) is 5.90. The minimum Gasteiger partial charge on any atom is -0.368 e. The van der Waals surface area contributed by atoms with Gasteiger partial charge < -0.3 is 14.7 Å². The maximum Gasteiger partial charge on any atom is 0.416 e. The Labute approximate surface area is 265 Å². The Morgan fingerprint density at radius 2 is 1.91 bits per heavy atom. The van der Waals surface area contributed by atoms with Crippen LogP contribution in [-0.4, -0.2) is 90.9 Å². The van der Waals surface area contributed by atoms with Gasteiger partial charge in [-0.3, -0.25) is 24.2 Å². The van der Waals surface area contributed by atoms with E-state index in [4.69, 9.17) is 11.6 Å². The largest absolute Gasteiger partial charge is 0.416 e. The first-order valence-corrected chi connectivity index (χ1v) is 15.6. The summed E-state index contributed by atoms with van der Waals surface area (Å²) in [6.07, 6.45) is -1.41. The van der Waals surface area contributed by atoms with Crippen molar-refractivity contribution in [1.82, 2.24) is 14.8 Å². The van der Waals surface area contributed by atoms with Gasteiger partial charge in [-0.25, -0.2) is 4.98 Å². The zero-order valence-corrected chi connectivity index (χ0v) is 26.0. The number of fused-ring (bicyclic) bond motifs is 2. The van der Waals surface area contributed by atoms with Crippen LogP contribution >= 0.6 is 11.6 Å². The number of para-hydroxylation sites is 1. The van der Waals surface area contributed by atoms with Crippen molar-refractivity contribution in [1.29, 1.82) is 0 Å². The van der Waals surface area contributed by atoms with Gasteiger partial charge in [0.25, 0.3) is 0 Å². The second kappa shape index (κ2) is 11.9. The Morgan fingerprint density at radius 3 is 2.62 bits per heavy atom. The molecule has 3 fully saturated rings. The molecule has 4 aliphatic rings. The molecule has 0 unspecified atom stereocenters. The van der Waals surface area contributed by atoms with Crippen LogP contribution in [0.25, 0.3) is 0 Å². The molecule has 0 bridgehead atoms. The smallest absolute Gasteiger partial charge is 0.368 e. The number of hydrogen-bond donors (Lipinski definition) is 0. The predicted octanol–water partition coefficient (Wildman–Crippen LogP) is 4.38. The van der Waals surface area contributed by atoms with Crippen LogP contribution in [-0.2, 0) is 20.6 Å². The topological polar surface area (TPSA) is 80.3 Å². The summed E-state index contributed by atoms with van der Waals surface area (Å²) in [5, 5.41) is 0.483. The number of anilines is 3. The number of carbonyl (C=O) groups excluding carboxylic acids is 3. The maximum absolute atomic E-state index is 14.0. The molecule has 6 rings (SSSR count). The van der Waals surface area contributed by atoms with Crippen LogP contribution in [0.2, 0.25) is 5.02 Å². The van der Waals surface area contributed by atoms with E-state index >= 15 is 0 Å². The fraction of sp³-hybridized carbons (Fsp3) is 0.500. The van der Waals surface area contributed by atoms with Gasteiger partial charge in [-0.2, -0.15) is 13.2 Å². The number of alkyl halides is 3. The summed E-state index contributed by atoms with van der Waals surface area (Å²) in [6.45, 7) is 9.25. The normalized spacial score (nSPS) is 24.4. The van der Waals surface area contributed by atoms with Crippen LogP contribution in [0.5, 0.6) is 0 Å². The van der Waals surface area contributed by atoms with E-state index in [-0.39, 0.29) is 23.8 Å². The molecule has 2 aromatic rings. The van der Waals surface area contributed by atoms with Gasteiger partial charge in [0, 0.05) is 63.8 Å². The van der Waals surface area contributed by atoms with Gasteiger partial charge >= 0.3 is 6.18 Å². The summed E-state index contributed by atoms with van der Waals surface area (Å²) < 4.78 is 41.1. The second-order valence-electron chi connectivity index (χ2n) is 12.5. The van der Waals surface area contributed by atoms with Gasteiger partial charge in [-0.1, -0.05) is 24.2 Å². The minimum atomic E-state index is -4.63. The molecule has 3 saturated heterocycles.